The van der Waals surface area contributed by atoms with Crippen LogP contribution in [0.25, 0.3) is 0 Å². The van der Waals surface area contributed by atoms with Crippen molar-refractivity contribution >= 4 is 28.9 Å². The van der Waals surface area contributed by atoms with Crippen LogP contribution in [0.15, 0.2) is 35.6 Å². The average Bonchev–Trinajstić information content (AvgIpc) is 3.20. The van der Waals surface area contributed by atoms with Gasteiger partial charge in [-0.1, -0.05) is 11.6 Å². The minimum absolute atomic E-state index is 0.297. The van der Waals surface area contributed by atoms with Crippen molar-refractivity contribution in [2.75, 3.05) is 19.6 Å². The quantitative estimate of drug-likeness (QED) is 0.386. The summed E-state index contributed by atoms with van der Waals surface area (Å²) < 4.78 is 2.57. The number of halogens is 1. The number of hydrogen-bond donors (Lipinski definition) is 3. The van der Waals surface area contributed by atoms with Crippen molar-refractivity contribution in [1.82, 2.24) is 20.4 Å². The highest BCUT2D eigenvalue weighted by molar-refractivity contribution is 7.16. The smallest absolute Gasteiger partial charge is 0.191 e. The number of aryl methyl sites for hydroxylation is 1. The van der Waals surface area contributed by atoms with Gasteiger partial charge in [0.1, 0.15) is 6.10 Å². The maximum Gasteiger partial charge on any atom is 0.191 e. The Morgan fingerprint density at radius 2 is 2.35 bits per heavy atom. The fourth-order valence-corrected chi connectivity index (χ4v) is 3.04. The SMILES string of the molecule is CCNC(=NCC(O)c1ccc(Cl)s1)NCCCn1cccn1. The first-order chi connectivity index (χ1) is 11.2. The van der Waals surface area contributed by atoms with E-state index in [4.69, 9.17) is 11.6 Å². The standard InChI is InChI=1S/C15H22ClN5OS/c1-2-17-15(18-7-3-9-21-10-4-8-20-21)19-11-12(22)13-5-6-14(16)23-13/h4-6,8,10,12,22H,2-3,7,9,11H2,1H3,(H2,17,18,19). The number of hydrogen-bond acceptors (Lipinski definition) is 4. The van der Waals surface area contributed by atoms with Gasteiger partial charge in [0.25, 0.3) is 0 Å². The van der Waals surface area contributed by atoms with Crippen molar-refractivity contribution in [3.8, 4) is 0 Å². The lowest BCUT2D eigenvalue weighted by molar-refractivity contribution is 0.191. The molecule has 0 fully saturated rings. The molecule has 0 saturated heterocycles. The number of aromatic nitrogens is 2. The summed E-state index contributed by atoms with van der Waals surface area (Å²) in [7, 11) is 0. The summed E-state index contributed by atoms with van der Waals surface area (Å²) in [4.78, 5) is 5.25. The molecule has 0 bridgehead atoms. The molecule has 8 heteroatoms. The highest BCUT2D eigenvalue weighted by Crippen LogP contribution is 2.26. The van der Waals surface area contributed by atoms with Gasteiger partial charge in [-0.25, -0.2) is 0 Å². The van der Waals surface area contributed by atoms with Crippen LogP contribution in [0.3, 0.4) is 0 Å². The van der Waals surface area contributed by atoms with E-state index in [9.17, 15) is 5.11 Å². The van der Waals surface area contributed by atoms with Crippen LogP contribution >= 0.6 is 22.9 Å². The Bertz CT molecular complexity index is 599. The maximum atomic E-state index is 10.1. The zero-order valence-electron chi connectivity index (χ0n) is 13.1. The zero-order chi connectivity index (χ0) is 16.5. The molecular formula is C15H22ClN5OS. The molecule has 23 heavy (non-hydrogen) atoms. The van der Waals surface area contributed by atoms with Crippen molar-refractivity contribution in [3.05, 3.63) is 39.8 Å². The second kappa shape index (κ2) is 9.54. The highest BCUT2D eigenvalue weighted by Gasteiger charge is 2.10. The first-order valence-corrected chi connectivity index (χ1v) is 8.81. The van der Waals surface area contributed by atoms with Gasteiger partial charge in [-0.3, -0.25) is 9.67 Å². The van der Waals surface area contributed by atoms with Crippen LogP contribution < -0.4 is 10.6 Å². The van der Waals surface area contributed by atoms with Crippen LogP contribution in [0.1, 0.15) is 24.3 Å². The molecule has 0 aromatic carbocycles. The molecule has 1 atom stereocenters. The first kappa shape index (κ1) is 17.8. The second-order valence-electron chi connectivity index (χ2n) is 4.93. The highest BCUT2D eigenvalue weighted by atomic mass is 35.5. The van der Waals surface area contributed by atoms with Gasteiger partial charge < -0.3 is 15.7 Å². The van der Waals surface area contributed by atoms with Crippen LogP contribution in [0.5, 0.6) is 0 Å². The number of guanidine groups is 1. The number of nitrogens with zero attached hydrogens (tertiary/aromatic N) is 3. The summed E-state index contributed by atoms with van der Waals surface area (Å²) in [5.74, 6) is 0.703. The third-order valence-corrected chi connectivity index (χ3v) is 4.44. The van der Waals surface area contributed by atoms with Crippen molar-refractivity contribution in [3.63, 3.8) is 0 Å². The Balaban J connectivity index is 1.77. The predicted octanol–water partition coefficient (Wildman–Crippen LogP) is 2.28. The Morgan fingerprint density at radius 3 is 3.00 bits per heavy atom. The molecule has 126 valence electrons. The minimum Gasteiger partial charge on any atom is -0.386 e. The Morgan fingerprint density at radius 1 is 1.48 bits per heavy atom. The zero-order valence-corrected chi connectivity index (χ0v) is 14.6. The van der Waals surface area contributed by atoms with Gasteiger partial charge in [-0.2, -0.15) is 5.10 Å². The monoisotopic (exact) mass is 355 g/mol. The lowest BCUT2D eigenvalue weighted by Gasteiger charge is -2.12. The Hall–Kier alpha value is -1.57. The van der Waals surface area contributed by atoms with Crippen molar-refractivity contribution in [2.45, 2.75) is 26.0 Å². The van der Waals surface area contributed by atoms with Crippen LogP contribution in [0.4, 0.5) is 0 Å². The summed E-state index contributed by atoms with van der Waals surface area (Å²) in [6.07, 6.45) is 4.03. The first-order valence-electron chi connectivity index (χ1n) is 7.62. The summed E-state index contributed by atoms with van der Waals surface area (Å²) >= 11 is 7.26. The molecule has 6 nitrogen and oxygen atoms in total. The molecule has 2 heterocycles. The molecule has 2 aromatic heterocycles. The summed E-state index contributed by atoms with van der Waals surface area (Å²) in [5, 5.41) is 20.7. The fourth-order valence-electron chi connectivity index (χ4n) is 2.00. The summed E-state index contributed by atoms with van der Waals surface area (Å²) in [5.41, 5.74) is 0. The van der Waals surface area contributed by atoms with E-state index in [-0.39, 0.29) is 0 Å². The van der Waals surface area contributed by atoms with Gasteiger partial charge >= 0.3 is 0 Å². The van der Waals surface area contributed by atoms with E-state index in [0.717, 1.165) is 30.9 Å². The lowest BCUT2D eigenvalue weighted by atomic mass is 10.3. The molecule has 3 N–H and O–H groups in total. The molecule has 0 radical (unpaired) electrons. The van der Waals surface area contributed by atoms with E-state index >= 15 is 0 Å². The van der Waals surface area contributed by atoms with Crippen LogP contribution in [-0.4, -0.2) is 40.5 Å². The second-order valence-corrected chi connectivity index (χ2v) is 6.67. The number of nitrogens with one attached hydrogen (secondary N) is 2. The van der Waals surface area contributed by atoms with Gasteiger partial charge in [-0.15, -0.1) is 11.3 Å². The maximum absolute atomic E-state index is 10.1. The molecule has 2 rings (SSSR count). The number of aliphatic hydroxyl groups excluding tert-OH is 1. The summed E-state index contributed by atoms with van der Waals surface area (Å²) in [6, 6.07) is 5.53. The molecule has 0 saturated carbocycles. The normalized spacial score (nSPS) is 13.1. The molecular weight excluding hydrogens is 334 g/mol. The van der Waals surface area contributed by atoms with Gasteiger partial charge in [0, 0.05) is 36.9 Å². The molecule has 0 aliphatic heterocycles. The van der Waals surface area contributed by atoms with E-state index in [1.165, 1.54) is 11.3 Å². The lowest BCUT2D eigenvalue weighted by Crippen LogP contribution is -2.38. The van der Waals surface area contributed by atoms with Crippen LogP contribution in [0, 0.1) is 0 Å². The fraction of sp³-hybridized carbons (Fsp3) is 0.467. The van der Waals surface area contributed by atoms with Crippen LogP contribution in [-0.2, 0) is 6.54 Å². The summed E-state index contributed by atoms with van der Waals surface area (Å²) in [6.45, 7) is 4.72. The molecule has 1 unspecified atom stereocenters. The Kier molecular flexibility index (Phi) is 7.38. The van der Waals surface area contributed by atoms with E-state index in [2.05, 4.69) is 20.7 Å². The predicted molar refractivity (Wildman–Crippen MR) is 95.1 cm³/mol. The molecule has 0 aliphatic rings. The average molecular weight is 356 g/mol. The van der Waals surface area contributed by atoms with E-state index in [1.807, 2.05) is 29.9 Å². The van der Waals surface area contributed by atoms with Gasteiger partial charge in [-0.05, 0) is 31.5 Å². The van der Waals surface area contributed by atoms with Crippen molar-refractivity contribution in [1.29, 1.82) is 0 Å². The number of aliphatic imine (C=N–C) groups is 1. The largest absolute Gasteiger partial charge is 0.386 e. The Labute approximate surface area is 145 Å². The molecule has 0 aliphatic carbocycles. The third kappa shape index (κ3) is 6.21. The van der Waals surface area contributed by atoms with Gasteiger partial charge in [0.2, 0.25) is 0 Å². The molecule has 0 spiro atoms. The van der Waals surface area contributed by atoms with Gasteiger partial charge in [0.15, 0.2) is 5.96 Å². The number of thiophene rings is 1. The van der Waals surface area contributed by atoms with Gasteiger partial charge in [0.05, 0.1) is 10.9 Å². The van der Waals surface area contributed by atoms with E-state index in [0.29, 0.717) is 16.8 Å². The van der Waals surface area contributed by atoms with Crippen molar-refractivity contribution < 1.29 is 5.11 Å². The van der Waals surface area contributed by atoms with E-state index in [1.54, 1.807) is 12.3 Å². The third-order valence-electron chi connectivity index (χ3n) is 3.10. The number of aliphatic hydroxyl groups is 1. The van der Waals surface area contributed by atoms with Crippen molar-refractivity contribution in [2.24, 2.45) is 4.99 Å². The molecule has 2 aromatic rings. The number of rotatable bonds is 8. The van der Waals surface area contributed by atoms with E-state index < -0.39 is 6.10 Å². The topological polar surface area (TPSA) is 74.5 Å². The van der Waals surface area contributed by atoms with Crippen LogP contribution in [0.2, 0.25) is 4.34 Å². The minimum atomic E-state index is -0.632. The molecule has 0 amide bonds.